The second-order valence-electron chi connectivity index (χ2n) is 4.35. The van der Waals surface area contributed by atoms with E-state index in [4.69, 9.17) is 4.74 Å². The lowest BCUT2D eigenvalue weighted by Crippen LogP contribution is -2.21. The van der Waals surface area contributed by atoms with E-state index in [1.165, 1.54) is 6.42 Å². The van der Waals surface area contributed by atoms with E-state index in [1.54, 1.807) is 6.92 Å². The van der Waals surface area contributed by atoms with Crippen LogP contribution in [-0.2, 0) is 4.74 Å². The Morgan fingerprint density at radius 3 is 2.44 bits per heavy atom. The van der Waals surface area contributed by atoms with Gasteiger partial charge in [-0.3, -0.25) is 0 Å². The van der Waals surface area contributed by atoms with Crippen LogP contribution in [0.15, 0.2) is 0 Å². The summed E-state index contributed by atoms with van der Waals surface area (Å²) in [5.41, 5.74) is 0. The molecule has 0 aliphatic rings. The average molecular weight is 226 g/mol. The molecule has 0 aromatic heterocycles. The van der Waals surface area contributed by atoms with Crippen LogP contribution in [0.2, 0.25) is 0 Å². The molecule has 0 fully saturated rings. The first-order valence-electron chi connectivity index (χ1n) is 6.42. The molecule has 2 heteroatoms. The van der Waals surface area contributed by atoms with Gasteiger partial charge < -0.3 is 9.84 Å². The van der Waals surface area contributed by atoms with E-state index >= 15 is 0 Å². The zero-order valence-electron chi connectivity index (χ0n) is 11.1. The highest BCUT2D eigenvalue weighted by Crippen LogP contribution is 2.07. The topological polar surface area (TPSA) is 29.5 Å². The van der Waals surface area contributed by atoms with E-state index in [1.807, 2.05) is 6.92 Å². The summed E-state index contributed by atoms with van der Waals surface area (Å²) in [5.74, 6) is 6.31. The Kier molecular flexibility index (Phi) is 9.37. The second-order valence-corrected chi connectivity index (χ2v) is 4.35. The largest absolute Gasteiger partial charge is 0.393 e. The fourth-order valence-corrected chi connectivity index (χ4v) is 1.50. The van der Waals surface area contributed by atoms with E-state index in [-0.39, 0.29) is 18.3 Å². The molecule has 94 valence electrons. The lowest BCUT2D eigenvalue weighted by Gasteiger charge is -2.18. The summed E-state index contributed by atoms with van der Waals surface area (Å²) in [6, 6.07) is 0. The smallest absolute Gasteiger partial charge is 0.118 e. The Balaban J connectivity index is 3.92. The number of hydrogen-bond donors (Lipinski definition) is 1. The third-order valence-electron chi connectivity index (χ3n) is 2.36. The summed E-state index contributed by atoms with van der Waals surface area (Å²) >= 11 is 0. The van der Waals surface area contributed by atoms with E-state index in [2.05, 4.69) is 25.7 Å². The molecule has 1 N–H and O–H groups in total. The molecule has 0 heterocycles. The highest BCUT2D eigenvalue weighted by atomic mass is 16.5. The minimum absolute atomic E-state index is 0.0191. The predicted molar refractivity (Wildman–Crippen MR) is 68.2 cm³/mol. The fourth-order valence-electron chi connectivity index (χ4n) is 1.50. The highest BCUT2D eigenvalue weighted by Gasteiger charge is 2.11. The van der Waals surface area contributed by atoms with Gasteiger partial charge in [-0.1, -0.05) is 26.2 Å². The Morgan fingerprint density at radius 2 is 1.94 bits per heavy atom. The summed E-state index contributed by atoms with van der Waals surface area (Å²) in [6.45, 7) is 8.02. The number of aliphatic hydroxyl groups is 1. The maximum Gasteiger partial charge on any atom is 0.118 e. The van der Waals surface area contributed by atoms with Crippen molar-refractivity contribution in [2.24, 2.45) is 0 Å². The predicted octanol–water partition coefficient (Wildman–Crippen LogP) is 3.13. The Morgan fingerprint density at radius 1 is 1.25 bits per heavy atom. The van der Waals surface area contributed by atoms with Crippen molar-refractivity contribution < 1.29 is 9.84 Å². The van der Waals surface area contributed by atoms with Crippen molar-refractivity contribution >= 4 is 0 Å². The maximum atomic E-state index is 9.24. The zero-order valence-corrected chi connectivity index (χ0v) is 11.1. The standard InChI is InChI=1S/C14H26O2/c1-5-7-8-9-10-14(6-2)16-13(4)11-12(3)15/h12-15H,5-8,11H2,1-4H3/t12-,13-,14-/m1/s1. The molecule has 0 rings (SSSR count). The lowest BCUT2D eigenvalue weighted by molar-refractivity contribution is 0.000317. The van der Waals surface area contributed by atoms with Crippen LogP contribution in [0.4, 0.5) is 0 Å². The molecular weight excluding hydrogens is 200 g/mol. The van der Waals surface area contributed by atoms with E-state index < -0.39 is 0 Å². The van der Waals surface area contributed by atoms with E-state index in [0.717, 1.165) is 19.3 Å². The summed E-state index contributed by atoms with van der Waals surface area (Å²) in [4.78, 5) is 0. The molecule has 0 saturated carbocycles. The molecule has 0 aliphatic carbocycles. The molecule has 0 unspecified atom stereocenters. The molecular formula is C14H26O2. The summed E-state index contributed by atoms with van der Waals surface area (Å²) in [7, 11) is 0. The Labute approximate surface area is 100 Å². The van der Waals surface area contributed by atoms with Crippen LogP contribution in [0.1, 0.15) is 59.8 Å². The van der Waals surface area contributed by atoms with Crippen LogP contribution in [0.3, 0.4) is 0 Å². The quantitative estimate of drug-likeness (QED) is 0.534. The molecule has 16 heavy (non-hydrogen) atoms. The fraction of sp³-hybridized carbons (Fsp3) is 0.857. The van der Waals surface area contributed by atoms with Gasteiger partial charge in [0.25, 0.3) is 0 Å². The molecule has 0 aromatic carbocycles. The van der Waals surface area contributed by atoms with Gasteiger partial charge in [0, 0.05) is 6.42 Å². The summed E-state index contributed by atoms with van der Waals surface area (Å²) in [5, 5.41) is 9.24. The van der Waals surface area contributed by atoms with Crippen molar-refractivity contribution in [1.29, 1.82) is 0 Å². The highest BCUT2D eigenvalue weighted by molar-refractivity contribution is 5.04. The van der Waals surface area contributed by atoms with Crippen LogP contribution in [0.25, 0.3) is 0 Å². The molecule has 2 nitrogen and oxygen atoms in total. The van der Waals surface area contributed by atoms with Crippen molar-refractivity contribution in [3.63, 3.8) is 0 Å². The average Bonchev–Trinajstić information content (AvgIpc) is 2.21. The van der Waals surface area contributed by atoms with Crippen LogP contribution in [0, 0.1) is 11.8 Å². The minimum atomic E-state index is -0.305. The van der Waals surface area contributed by atoms with Gasteiger partial charge in [-0.15, -0.1) is 5.92 Å². The van der Waals surface area contributed by atoms with Crippen LogP contribution >= 0.6 is 0 Å². The number of unbranched alkanes of at least 4 members (excludes halogenated alkanes) is 2. The molecule has 0 bridgehead atoms. The second kappa shape index (κ2) is 9.69. The van der Waals surface area contributed by atoms with Gasteiger partial charge in [-0.25, -0.2) is 0 Å². The molecule has 0 aromatic rings. The molecule has 0 amide bonds. The Hall–Kier alpha value is -0.520. The summed E-state index contributed by atoms with van der Waals surface area (Å²) in [6.07, 6.45) is 4.67. The SMILES string of the molecule is CCCCC#C[C@@H](CC)O[C@H](C)C[C@@H](C)O. The van der Waals surface area contributed by atoms with Gasteiger partial charge >= 0.3 is 0 Å². The monoisotopic (exact) mass is 226 g/mol. The molecule has 3 atom stereocenters. The molecule has 0 radical (unpaired) electrons. The van der Waals surface area contributed by atoms with Gasteiger partial charge in [0.2, 0.25) is 0 Å². The van der Waals surface area contributed by atoms with Gasteiger partial charge in [-0.05, 0) is 33.1 Å². The molecule has 0 saturated heterocycles. The Bertz CT molecular complexity index is 213. The van der Waals surface area contributed by atoms with Crippen LogP contribution < -0.4 is 0 Å². The third kappa shape index (κ3) is 8.76. The maximum absolute atomic E-state index is 9.24. The van der Waals surface area contributed by atoms with E-state index in [0.29, 0.717) is 6.42 Å². The van der Waals surface area contributed by atoms with Crippen molar-refractivity contribution in [2.45, 2.75) is 78.1 Å². The number of hydrogen-bond acceptors (Lipinski definition) is 2. The minimum Gasteiger partial charge on any atom is -0.393 e. The number of ether oxygens (including phenoxy) is 1. The first-order valence-corrected chi connectivity index (χ1v) is 6.42. The van der Waals surface area contributed by atoms with Crippen molar-refractivity contribution in [3.8, 4) is 11.8 Å². The van der Waals surface area contributed by atoms with Gasteiger partial charge in [-0.2, -0.15) is 0 Å². The molecule has 0 aliphatic heterocycles. The van der Waals surface area contributed by atoms with Gasteiger partial charge in [0.05, 0.1) is 12.2 Å². The van der Waals surface area contributed by atoms with Crippen molar-refractivity contribution in [3.05, 3.63) is 0 Å². The van der Waals surface area contributed by atoms with Crippen molar-refractivity contribution in [2.75, 3.05) is 0 Å². The van der Waals surface area contributed by atoms with Crippen molar-refractivity contribution in [1.82, 2.24) is 0 Å². The number of rotatable bonds is 7. The van der Waals surface area contributed by atoms with Crippen LogP contribution in [0.5, 0.6) is 0 Å². The first kappa shape index (κ1) is 15.5. The van der Waals surface area contributed by atoms with Gasteiger partial charge in [0.15, 0.2) is 0 Å². The van der Waals surface area contributed by atoms with Crippen LogP contribution in [-0.4, -0.2) is 23.4 Å². The van der Waals surface area contributed by atoms with E-state index in [9.17, 15) is 5.11 Å². The summed E-state index contributed by atoms with van der Waals surface area (Å²) < 4.78 is 5.76. The molecule has 0 spiro atoms. The normalized spacial score (nSPS) is 16.1. The lowest BCUT2D eigenvalue weighted by atomic mass is 10.2. The number of aliphatic hydroxyl groups excluding tert-OH is 1. The first-order chi connectivity index (χ1) is 7.60. The van der Waals surface area contributed by atoms with Gasteiger partial charge in [0.1, 0.15) is 6.10 Å². The third-order valence-corrected chi connectivity index (χ3v) is 2.36. The zero-order chi connectivity index (χ0) is 12.4.